The number of hydrogen-bond donors (Lipinski definition) is 1. The summed E-state index contributed by atoms with van der Waals surface area (Å²) in [5, 5.41) is 3.10. The van der Waals surface area contributed by atoms with Crippen LogP contribution in [0.15, 0.2) is 54.9 Å². The highest BCUT2D eigenvalue weighted by molar-refractivity contribution is 5.81. The molecule has 1 saturated heterocycles. The Balaban J connectivity index is 1.63. The maximum atomic E-state index is 12.7. The van der Waals surface area contributed by atoms with Crippen molar-refractivity contribution in [1.29, 1.82) is 0 Å². The van der Waals surface area contributed by atoms with E-state index in [0.29, 0.717) is 6.61 Å². The molecule has 0 radical (unpaired) electrons. The van der Waals surface area contributed by atoms with Gasteiger partial charge in [-0.1, -0.05) is 30.3 Å². The summed E-state index contributed by atoms with van der Waals surface area (Å²) >= 11 is 0. The second-order valence-corrected chi connectivity index (χ2v) is 6.60. The molecule has 5 heteroatoms. The zero-order valence-electron chi connectivity index (χ0n) is 15.1. The van der Waals surface area contributed by atoms with Crippen LogP contribution >= 0.6 is 0 Å². The third-order valence-electron chi connectivity index (χ3n) is 4.63. The summed E-state index contributed by atoms with van der Waals surface area (Å²) in [6.07, 6.45) is 6.30. The first-order valence-corrected chi connectivity index (χ1v) is 9.22. The zero-order valence-corrected chi connectivity index (χ0v) is 15.1. The van der Waals surface area contributed by atoms with E-state index in [1.807, 2.05) is 42.5 Å². The average molecular weight is 354 g/mol. The van der Waals surface area contributed by atoms with Crippen molar-refractivity contribution >= 4 is 5.91 Å². The molecule has 1 aliphatic rings. The van der Waals surface area contributed by atoms with E-state index in [1.54, 1.807) is 19.3 Å². The molecule has 3 rings (SSSR count). The van der Waals surface area contributed by atoms with Gasteiger partial charge in [0.2, 0.25) is 5.91 Å². The molecule has 0 spiro atoms. The Morgan fingerprint density at radius 1 is 1.19 bits per heavy atom. The predicted molar refractivity (Wildman–Crippen MR) is 99.7 cm³/mol. The standard InChI is InChI=1S/C21H26N2O3/c1-16(26-15-19-9-5-6-14-25-19)21(24)23-20(17-7-3-2-4-8-17)18-10-12-22-13-11-18/h2-4,7-8,10-13,16,19-20H,5-6,9,14-15H2,1H3,(H,23,24). The van der Waals surface area contributed by atoms with Gasteiger partial charge in [0, 0.05) is 19.0 Å². The Hall–Kier alpha value is -2.24. The van der Waals surface area contributed by atoms with Gasteiger partial charge in [0.15, 0.2) is 0 Å². The number of amides is 1. The summed E-state index contributed by atoms with van der Waals surface area (Å²) in [5.41, 5.74) is 2.01. The number of rotatable bonds is 7. The molecule has 26 heavy (non-hydrogen) atoms. The van der Waals surface area contributed by atoms with Crippen LogP contribution in [0.2, 0.25) is 0 Å². The Morgan fingerprint density at radius 3 is 2.62 bits per heavy atom. The van der Waals surface area contributed by atoms with Gasteiger partial charge in [0.05, 0.1) is 18.8 Å². The number of nitrogens with one attached hydrogen (secondary N) is 1. The monoisotopic (exact) mass is 354 g/mol. The third-order valence-corrected chi connectivity index (χ3v) is 4.63. The molecular formula is C21H26N2O3. The van der Waals surface area contributed by atoms with Gasteiger partial charge < -0.3 is 14.8 Å². The van der Waals surface area contributed by atoms with Crippen molar-refractivity contribution in [3.8, 4) is 0 Å². The summed E-state index contributed by atoms with van der Waals surface area (Å²) in [6.45, 7) is 3.03. The number of nitrogens with zero attached hydrogens (tertiary/aromatic N) is 1. The maximum absolute atomic E-state index is 12.7. The summed E-state index contributed by atoms with van der Waals surface area (Å²) < 4.78 is 11.4. The van der Waals surface area contributed by atoms with Gasteiger partial charge in [-0.3, -0.25) is 9.78 Å². The van der Waals surface area contributed by atoms with Crippen LogP contribution in [0.25, 0.3) is 0 Å². The molecule has 2 aromatic rings. The first-order chi connectivity index (χ1) is 12.7. The normalized spacial score (nSPS) is 19.5. The molecule has 1 aromatic carbocycles. The molecule has 0 saturated carbocycles. The van der Waals surface area contributed by atoms with E-state index in [-0.39, 0.29) is 18.1 Å². The number of hydrogen-bond acceptors (Lipinski definition) is 4. The fourth-order valence-corrected chi connectivity index (χ4v) is 3.09. The third kappa shape index (κ3) is 5.13. The van der Waals surface area contributed by atoms with E-state index >= 15 is 0 Å². The minimum atomic E-state index is -0.534. The predicted octanol–water partition coefficient (Wildman–Crippen LogP) is 3.26. The molecular weight excluding hydrogens is 328 g/mol. The SMILES string of the molecule is CC(OCC1CCCCO1)C(=O)NC(c1ccccc1)c1ccncc1. The summed E-state index contributed by atoms with van der Waals surface area (Å²) in [4.78, 5) is 16.7. The van der Waals surface area contributed by atoms with E-state index in [1.165, 1.54) is 0 Å². The Labute approximate surface area is 154 Å². The fourth-order valence-electron chi connectivity index (χ4n) is 3.09. The molecule has 3 atom stereocenters. The van der Waals surface area contributed by atoms with Crippen molar-refractivity contribution in [3.63, 3.8) is 0 Å². The van der Waals surface area contributed by atoms with Crippen molar-refractivity contribution in [2.45, 2.75) is 44.4 Å². The molecule has 1 fully saturated rings. The Kier molecular flexibility index (Phi) is 6.75. The Bertz CT molecular complexity index is 633. The van der Waals surface area contributed by atoms with Gasteiger partial charge in [0.25, 0.3) is 0 Å². The molecule has 138 valence electrons. The van der Waals surface area contributed by atoms with Crippen LogP contribution in [0.3, 0.4) is 0 Å². The molecule has 2 heterocycles. The highest BCUT2D eigenvalue weighted by Crippen LogP contribution is 2.21. The number of carbonyl (C=O) groups excluding carboxylic acids is 1. The molecule has 1 aliphatic heterocycles. The second-order valence-electron chi connectivity index (χ2n) is 6.60. The van der Waals surface area contributed by atoms with Gasteiger partial charge in [-0.15, -0.1) is 0 Å². The fraction of sp³-hybridized carbons (Fsp3) is 0.429. The lowest BCUT2D eigenvalue weighted by molar-refractivity contribution is -0.136. The van der Waals surface area contributed by atoms with Gasteiger partial charge in [-0.25, -0.2) is 0 Å². The first kappa shape index (κ1) is 18.5. The largest absolute Gasteiger partial charge is 0.376 e. The molecule has 5 nitrogen and oxygen atoms in total. The van der Waals surface area contributed by atoms with Gasteiger partial charge >= 0.3 is 0 Å². The van der Waals surface area contributed by atoms with Gasteiger partial charge in [0.1, 0.15) is 6.10 Å². The molecule has 1 aromatic heterocycles. The lowest BCUT2D eigenvalue weighted by atomic mass is 9.99. The van der Waals surface area contributed by atoms with E-state index in [2.05, 4.69) is 10.3 Å². The lowest BCUT2D eigenvalue weighted by Gasteiger charge is -2.25. The number of carbonyl (C=O) groups is 1. The smallest absolute Gasteiger partial charge is 0.249 e. The van der Waals surface area contributed by atoms with Crippen molar-refractivity contribution in [2.75, 3.05) is 13.2 Å². The average Bonchev–Trinajstić information content (AvgIpc) is 2.72. The summed E-state index contributed by atoms with van der Waals surface area (Å²) in [6, 6.07) is 13.5. The number of pyridine rings is 1. The Morgan fingerprint density at radius 2 is 1.92 bits per heavy atom. The van der Waals surface area contributed by atoms with Crippen LogP contribution in [-0.4, -0.2) is 36.3 Å². The van der Waals surface area contributed by atoms with Gasteiger partial charge in [-0.2, -0.15) is 0 Å². The quantitative estimate of drug-likeness (QED) is 0.829. The highest BCUT2D eigenvalue weighted by atomic mass is 16.5. The van der Waals surface area contributed by atoms with Crippen molar-refractivity contribution < 1.29 is 14.3 Å². The topological polar surface area (TPSA) is 60.5 Å². The van der Waals surface area contributed by atoms with Crippen LogP contribution in [0, 0.1) is 0 Å². The van der Waals surface area contributed by atoms with Crippen LogP contribution in [0.1, 0.15) is 43.4 Å². The summed E-state index contributed by atoms with van der Waals surface area (Å²) in [7, 11) is 0. The lowest BCUT2D eigenvalue weighted by Crippen LogP contribution is -2.39. The molecule has 1 amide bonds. The van der Waals surface area contributed by atoms with E-state index in [9.17, 15) is 4.79 Å². The van der Waals surface area contributed by atoms with E-state index in [0.717, 1.165) is 37.0 Å². The van der Waals surface area contributed by atoms with Crippen molar-refractivity contribution in [2.24, 2.45) is 0 Å². The van der Waals surface area contributed by atoms with Crippen LogP contribution in [-0.2, 0) is 14.3 Å². The molecule has 0 aliphatic carbocycles. The molecule has 1 N–H and O–H groups in total. The number of ether oxygens (including phenoxy) is 2. The van der Waals surface area contributed by atoms with Crippen molar-refractivity contribution in [3.05, 3.63) is 66.0 Å². The summed E-state index contributed by atoms with van der Waals surface area (Å²) in [5.74, 6) is -0.133. The van der Waals surface area contributed by atoms with Crippen LogP contribution in [0.4, 0.5) is 0 Å². The van der Waals surface area contributed by atoms with Crippen LogP contribution in [0.5, 0.6) is 0 Å². The zero-order chi connectivity index (χ0) is 18.2. The molecule has 3 unspecified atom stereocenters. The van der Waals surface area contributed by atoms with Crippen molar-refractivity contribution in [1.82, 2.24) is 10.3 Å². The van der Waals surface area contributed by atoms with E-state index in [4.69, 9.17) is 9.47 Å². The highest BCUT2D eigenvalue weighted by Gasteiger charge is 2.22. The maximum Gasteiger partial charge on any atom is 0.249 e. The molecule has 0 bridgehead atoms. The van der Waals surface area contributed by atoms with E-state index < -0.39 is 6.10 Å². The first-order valence-electron chi connectivity index (χ1n) is 9.22. The minimum absolute atomic E-state index is 0.101. The van der Waals surface area contributed by atoms with Crippen LogP contribution < -0.4 is 5.32 Å². The second kappa shape index (κ2) is 9.46. The minimum Gasteiger partial charge on any atom is -0.376 e. The number of aromatic nitrogens is 1. The van der Waals surface area contributed by atoms with Gasteiger partial charge in [-0.05, 0) is 49.4 Å². The number of benzene rings is 1.